The SMILES string of the molecule is COc1ccc(-n2nnnc2C(F)(F)F)cc1[C@H]1COCC2(C1)OCCN(Cc1n[nH]c(=O)[nH]1)[C@H]2c1ccc(F)cc1. The summed E-state index contributed by atoms with van der Waals surface area (Å²) in [5.74, 6) is -1.14. The molecule has 3 atom stereocenters. The van der Waals surface area contributed by atoms with Gasteiger partial charge in [0.1, 0.15) is 23.0 Å². The van der Waals surface area contributed by atoms with Crippen LogP contribution in [0.1, 0.15) is 41.2 Å². The minimum atomic E-state index is -4.76. The molecular weight excluding hydrogens is 564 g/mol. The first kappa shape index (κ1) is 28.0. The zero-order chi connectivity index (χ0) is 29.5. The van der Waals surface area contributed by atoms with Gasteiger partial charge in [-0.15, -0.1) is 5.10 Å². The number of ether oxygens (including phenoxy) is 3. The Kier molecular flexibility index (Phi) is 7.28. The summed E-state index contributed by atoms with van der Waals surface area (Å²) in [5, 5.41) is 16.3. The number of aromatic amines is 2. The second-order valence-electron chi connectivity index (χ2n) is 10.2. The van der Waals surface area contributed by atoms with Crippen LogP contribution in [0, 0.1) is 5.82 Å². The second kappa shape index (κ2) is 10.9. The van der Waals surface area contributed by atoms with Crippen molar-refractivity contribution in [3.63, 3.8) is 0 Å². The van der Waals surface area contributed by atoms with E-state index in [0.29, 0.717) is 41.4 Å². The molecule has 2 N–H and O–H groups in total. The van der Waals surface area contributed by atoms with Crippen LogP contribution < -0.4 is 10.4 Å². The van der Waals surface area contributed by atoms with E-state index in [1.807, 2.05) is 0 Å². The Balaban J connectivity index is 1.39. The summed E-state index contributed by atoms with van der Waals surface area (Å²) < 4.78 is 73.4. The Morgan fingerprint density at radius 1 is 1.19 bits per heavy atom. The number of hydrogen-bond acceptors (Lipinski definition) is 9. The van der Waals surface area contributed by atoms with Gasteiger partial charge < -0.3 is 14.2 Å². The van der Waals surface area contributed by atoms with Gasteiger partial charge in [0.25, 0.3) is 5.82 Å². The maximum Gasteiger partial charge on any atom is 0.453 e. The molecule has 2 aromatic heterocycles. The van der Waals surface area contributed by atoms with E-state index in [4.69, 9.17) is 14.2 Å². The van der Waals surface area contributed by atoms with Gasteiger partial charge in [-0.2, -0.15) is 23.0 Å². The van der Waals surface area contributed by atoms with Crippen molar-refractivity contribution in [3.8, 4) is 11.4 Å². The van der Waals surface area contributed by atoms with Gasteiger partial charge in [-0.05, 0) is 52.7 Å². The first-order valence-corrected chi connectivity index (χ1v) is 13.1. The zero-order valence-electron chi connectivity index (χ0n) is 22.3. The van der Waals surface area contributed by atoms with E-state index >= 15 is 0 Å². The number of hydrogen-bond donors (Lipinski definition) is 2. The van der Waals surface area contributed by atoms with E-state index in [1.54, 1.807) is 24.3 Å². The summed E-state index contributed by atoms with van der Waals surface area (Å²) in [4.78, 5) is 16.4. The molecule has 2 aliphatic heterocycles. The Bertz CT molecular complexity index is 1600. The molecule has 0 bridgehead atoms. The maximum atomic E-state index is 13.9. The molecule has 2 fully saturated rings. The predicted molar refractivity (Wildman–Crippen MR) is 136 cm³/mol. The Hall–Kier alpha value is -4.15. The number of rotatable bonds is 6. The minimum absolute atomic E-state index is 0.103. The van der Waals surface area contributed by atoms with Crippen molar-refractivity contribution in [1.29, 1.82) is 0 Å². The van der Waals surface area contributed by atoms with Gasteiger partial charge in [-0.3, -0.25) is 9.88 Å². The number of methoxy groups -OCH3 is 1. The van der Waals surface area contributed by atoms with Gasteiger partial charge in [-0.1, -0.05) is 12.1 Å². The van der Waals surface area contributed by atoms with Crippen LogP contribution in [0.2, 0.25) is 0 Å². The number of nitrogens with zero attached hydrogens (tertiary/aromatic N) is 6. The molecule has 2 aromatic carbocycles. The number of aromatic nitrogens is 7. The number of H-pyrrole nitrogens is 2. The van der Waals surface area contributed by atoms with E-state index in [-0.39, 0.29) is 31.4 Å². The average Bonchev–Trinajstić information content (AvgIpc) is 3.63. The molecule has 0 aliphatic carbocycles. The number of nitrogens with one attached hydrogen (secondary N) is 2. The molecule has 4 heterocycles. The van der Waals surface area contributed by atoms with Crippen molar-refractivity contribution in [1.82, 2.24) is 40.3 Å². The van der Waals surface area contributed by atoms with Gasteiger partial charge in [0.05, 0.1) is 45.2 Å². The van der Waals surface area contributed by atoms with Gasteiger partial charge in [-0.25, -0.2) is 14.3 Å². The summed E-state index contributed by atoms with van der Waals surface area (Å²) in [7, 11) is 1.47. The normalized spacial score (nSPS) is 23.4. The fourth-order valence-corrected chi connectivity index (χ4v) is 5.92. The van der Waals surface area contributed by atoms with Crippen molar-refractivity contribution in [2.24, 2.45) is 0 Å². The minimum Gasteiger partial charge on any atom is -0.496 e. The number of halogens is 4. The van der Waals surface area contributed by atoms with Crippen molar-refractivity contribution < 1.29 is 31.8 Å². The van der Waals surface area contributed by atoms with Crippen LogP contribution in [0.3, 0.4) is 0 Å². The number of tetrazole rings is 1. The fourth-order valence-electron chi connectivity index (χ4n) is 5.92. The molecule has 1 unspecified atom stereocenters. The van der Waals surface area contributed by atoms with Crippen molar-refractivity contribution in [2.75, 3.05) is 33.5 Å². The third kappa shape index (κ3) is 5.28. The topological polar surface area (TPSA) is 136 Å². The molecule has 16 heteroatoms. The highest BCUT2D eigenvalue weighted by Crippen LogP contribution is 2.48. The van der Waals surface area contributed by atoms with Crippen molar-refractivity contribution >= 4 is 0 Å². The van der Waals surface area contributed by atoms with Gasteiger partial charge in [0.2, 0.25) is 0 Å². The molecule has 222 valence electrons. The van der Waals surface area contributed by atoms with E-state index in [0.717, 1.165) is 5.56 Å². The zero-order valence-corrected chi connectivity index (χ0v) is 22.3. The van der Waals surface area contributed by atoms with Crippen molar-refractivity contribution in [3.05, 3.63) is 81.5 Å². The molecule has 0 amide bonds. The lowest BCUT2D eigenvalue weighted by Crippen LogP contribution is -2.58. The molecule has 2 saturated heterocycles. The maximum absolute atomic E-state index is 13.9. The highest BCUT2D eigenvalue weighted by Gasteiger charge is 2.51. The molecule has 6 rings (SSSR count). The van der Waals surface area contributed by atoms with Crippen LogP contribution in [-0.4, -0.2) is 79.4 Å². The number of alkyl halides is 3. The van der Waals surface area contributed by atoms with Crippen molar-refractivity contribution in [2.45, 2.75) is 36.7 Å². The van der Waals surface area contributed by atoms with Crippen LogP contribution in [0.5, 0.6) is 5.75 Å². The number of morpholine rings is 1. The van der Waals surface area contributed by atoms with Gasteiger partial charge in [0, 0.05) is 18.0 Å². The lowest BCUT2D eigenvalue weighted by atomic mass is 9.76. The summed E-state index contributed by atoms with van der Waals surface area (Å²) in [6, 6.07) is 10.2. The van der Waals surface area contributed by atoms with E-state index < -0.39 is 35.2 Å². The average molecular weight is 591 g/mol. The predicted octanol–water partition coefficient (Wildman–Crippen LogP) is 2.76. The quantitative estimate of drug-likeness (QED) is 0.325. The van der Waals surface area contributed by atoms with Crippen LogP contribution in [0.25, 0.3) is 5.69 Å². The molecule has 4 aromatic rings. The van der Waals surface area contributed by atoms with Crippen LogP contribution >= 0.6 is 0 Å². The molecular formula is C26H26F4N8O4. The van der Waals surface area contributed by atoms with Crippen LogP contribution in [0.4, 0.5) is 17.6 Å². The first-order valence-electron chi connectivity index (χ1n) is 13.1. The molecule has 0 radical (unpaired) electrons. The van der Waals surface area contributed by atoms with Gasteiger partial charge in [0.15, 0.2) is 0 Å². The second-order valence-corrected chi connectivity index (χ2v) is 10.2. The van der Waals surface area contributed by atoms with Gasteiger partial charge >= 0.3 is 11.9 Å². The smallest absolute Gasteiger partial charge is 0.453 e. The number of benzene rings is 2. The standard InChI is InChI=1S/C26H26F4N8O4/c1-40-20-7-6-18(38-23(26(28,29)30)33-35-36-38)10-19(20)16-11-25(14-41-13-16)22(15-2-4-17(27)5-3-15)37(8-9-42-25)12-21-31-24(39)34-32-21/h2-7,10,16,22H,8-9,11-14H2,1H3,(H2,31,32,34,39)/t16-,22+,25?/m1/s1. The highest BCUT2D eigenvalue weighted by atomic mass is 19.4. The Morgan fingerprint density at radius 3 is 2.71 bits per heavy atom. The van der Waals surface area contributed by atoms with Crippen LogP contribution in [0.15, 0.2) is 47.3 Å². The first-order chi connectivity index (χ1) is 20.2. The third-order valence-corrected chi connectivity index (χ3v) is 7.60. The fraction of sp³-hybridized carbons (Fsp3) is 0.423. The van der Waals surface area contributed by atoms with E-state index in [9.17, 15) is 22.4 Å². The van der Waals surface area contributed by atoms with Crippen LogP contribution in [-0.2, 0) is 22.2 Å². The lowest BCUT2D eigenvalue weighted by Gasteiger charge is -2.52. The molecule has 2 aliphatic rings. The largest absolute Gasteiger partial charge is 0.496 e. The monoisotopic (exact) mass is 590 g/mol. The molecule has 12 nitrogen and oxygen atoms in total. The summed E-state index contributed by atoms with van der Waals surface area (Å²) >= 11 is 0. The molecule has 42 heavy (non-hydrogen) atoms. The summed E-state index contributed by atoms with van der Waals surface area (Å²) in [6.07, 6.45) is -4.37. The third-order valence-electron chi connectivity index (χ3n) is 7.60. The highest BCUT2D eigenvalue weighted by molar-refractivity contribution is 5.46. The Labute approximate surface area is 235 Å². The summed E-state index contributed by atoms with van der Waals surface area (Å²) in [6.45, 7) is 1.54. The molecule has 0 saturated carbocycles. The van der Waals surface area contributed by atoms with E-state index in [1.165, 1.54) is 25.3 Å². The Morgan fingerprint density at radius 2 is 2.00 bits per heavy atom. The lowest BCUT2D eigenvalue weighted by molar-refractivity contribution is -0.207. The van der Waals surface area contributed by atoms with E-state index in [2.05, 4.69) is 35.6 Å². The molecule has 1 spiro atoms. The summed E-state index contributed by atoms with van der Waals surface area (Å²) in [5.41, 5.74) is 0.0835.